The first-order valence-electron chi connectivity index (χ1n) is 9.76. The number of amides is 2. The lowest BCUT2D eigenvalue weighted by Crippen LogP contribution is -2.48. The quantitative estimate of drug-likeness (QED) is 0.327. The number of sulfonamides is 1. The van der Waals surface area contributed by atoms with Crippen molar-refractivity contribution < 1.29 is 36.4 Å². The van der Waals surface area contributed by atoms with Crippen LogP contribution in [0.15, 0.2) is 53.4 Å². The average molecular weight is 486 g/mol. The fraction of sp³-hybridized carbons (Fsp3) is 0.300. The Labute approximate surface area is 187 Å². The maximum atomic E-state index is 13.0. The van der Waals surface area contributed by atoms with Crippen molar-refractivity contribution in [2.75, 3.05) is 36.4 Å². The van der Waals surface area contributed by atoms with E-state index in [-0.39, 0.29) is 36.8 Å². The topological polar surface area (TPSA) is 119 Å². The van der Waals surface area contributed by atoms with Crippen LogP contribution in [0.2, 0.25) is 0 Å². The second-order valence-corrected chi connectivity index (χ2v) is 9.16. The normalized spacial score (nSPS) is 15.2. The number of hydroxylamine groups is 1. The summed E-state index contributed by atoms with van der Waals surface area (Å²) in [6.07, 6.45) is -5.06. The van der Waals surface area contributed by atoms with E-state index < -0.39 is 40.0 Å². The molecule has 33 heavy (non-hydrogen) atoms. The molecular weight excluding hydrogens is 465 g/mol. The van der Waals surface area contributed by atoms with E-state index in [0.717, 1.165) is 12.1 Å². The fourth-order valence-corrected chi connectivity index (χ4v) is 4.74. The first kappa shape index (κ1) is 24.5. The lowest BCUT2D eigenvalue weighted by molar-refractivity contribution is -0.137. The Hall–Kier alpha value is -3.16. The third-order valence-corrected chi connectivity index (χ3v) is 6.91. The Kier molecular flexibility index (Phi) is 7.25. The van der Waals surface area contributed by atoms with Crippen molar-refractivity contribution in [3.63, 3.8) is 0 Å². The van der Waals surface area contributed by atoms with Crippen molar-refractivity contribution in [1.82, 2.24) is 9.79 Å². The second-order valence-electron chi connectivity index (χ2n) is 7.22. The molecule has 0 unspecified atom stereocenters. The molecule has 1 aliphatic heterocycles. The average Bonchev–Trinajstić information content (AvgIpc) is 2.79. The van der Waals surface area contributed by atoms with Gasteiger partial charge in [0.15, 0.2) is 0 Å². The molecule has 2 aromatic carbocycles. The summed E-state index contributed by atoms with van der Waals surface area (Å²) in [5.74, 6) is -1.58. The Morgan fingerprint density at radius 3 is 2.18 bits per heavy atom. The summed E-state index contributed by atoms with van der Waals surface area (Å²) in [7, 11) is -3.85. The van der Waals surface area contributed by atoms with Crippen molar-refractivity contribution in [1.29, 1.82) is 0 Å². The molecule has 0 radical (unpaired) electrons. The molecule has 0 spiro atoms. The molecule has 13 heteroatoms. The van der Waals surface area contributed by atoms with Crippen LogP contribution in [0.25, 0.3) is 0 Å². The molecule has 2 aromatic rings. The van der Waals surface area contributed by atoms with Crippen LogP contribution in [0.4, 0.5) is 24.5 Å². The summed E-state index contributed by atoms with van der Waals surface area (Å²) in [6.45, 7) is 0.629. The fourth-order valence-electron chi connectivity index (χ4n) is 3.32. The summed E-state index contributed by atoms with van der Waals surface area (Å²) >= 11 is 0. The molecule has 9 nitrogen and oxygen atoms in total. The number of carbonyl (C=O) groups excluding carboxylic acids is 2. The van der Waals surface area contributed by atoms with Crippen LogP contribution in [0.3, 0.4) is 0 Å². The van der Waals surface area contributed by atoms with E-state index in [4.69, 9.17) is 5.21 Å². The van der Waals surface area contributed by atoms with Crippen molar-refractivity contribution >= 4 is 33.2 Å². The molecule has 2 amide bonds. The van der Waals surface area contributed by atoms with Crippen LogP contribution >= 0.6 is 0 Å². The summed E-state index contributed by atoms with van der Waals surface area (Å²) in [5.41, 5.74) is 1.20. The van der Waals surface area contributed by atoms with E-state index in [1.165, 1.54) is 40.1 Å². The summed E-state index contributed by atoms with van der Waals surface area (Å²) in [6, 6.07) is 10.2. The lowest BCUT2D eigenvalue weighted by atomic mass is 10.1. The molecule has 3 rings (SSSR count). The van der Waals surface area contributed by atoms with Gasteiger partial charge in [0.2, 0.25) is 15.9 Å². The Morgan fingerprint density at radius 1 is 0.970 bits per heavy atom. The predicted molar refractivity (Wildman–Crippen MR) is 112 cm³/mol. The van der Waals surface area contributed by atoms with Crippen LogP contribution in [-0.4, -0.2) is 55.9 Å². The number of nitrogens with zero attached hydrogens (tertiary/aromatic N) is 2. The number of nitrogens with one attached hydrogen (secondary N) is 2. The summed E-state index contributed by atoms with van der Waals surface area (Å²) in [4.78, 5) is 24.3. The van der Waals surface area contributed by atoms with Crippen molar-refractivity contribution in [2.45, 2.75) is 17.5 Å². The van der Waals surface area contributed by atoms with Gasteiger partial charge in [-0.05, 0) is 42.5 Å². The lowest BCUT2D eigenvalue weighted by Gasteiger charge is -2.35. The van der Waals surface area contributed by atoms with Gasteiger partial charge in [0.25, 0.3) is 5.91 Å². The largest absolute Gasteiger partial charge is 0.416 e. The number of carbonyl (C=O) groups is 2. The highest BCUT2D eigenvalue weighted by Gasteiger charge is 2.32. The van der Waals surface area contributed by atoms with Gasteiger partial charge in [0.05, 0.1) is 10.5 Å². The van der Waals surface area contributed by atoms with Gasteiger partial charge in [-0.25, -0.2) is 13.9 Å². The van der Waals surface area contributed by atoms with Crippen molar-refractivity contribution in [2.24, 2.45) is 0 Å². The van der Waals surface area contributed by atoms with E-state index >= 15 is 0 Å². The first-order chi connectivity index (χ1) is 15.5. The molecular formula is C20H21F3N4O5S. The molecule has 0 bridgehead atoms. The number of rotatable bonds is 6. The van der Waals surface area contributed by atoms with Gasteiger partial charge in [0.1, 0.15) is 6.42 Å². The standard InChI is InChI=1S/C20H21F3N4O5S/c21-20(22,23)14-2-1-3-16(12-14)26-8-10-27(11-9-26)33(31,32)17-6-4-15(5-7-17)24-18(28)13-19(29)25-30/h1-7,12,30H,8-11,13H2,(H,24,28)(H,25,29). The van der Waals surface area contributed by atoms with Crippen molar-refractivity contribution in [3.05, 3.63) is 54.1 Å². The minimum Gasteiger partial charge on any atom is -0.369 e. The molecule has 0 atom stereocenters. The third kappa shape index (κ3) is 6.00. The van der Waals surface area contributed by atoms with Gasteiger partial charge in [-0.2, -0.15) is 17.5 Å². The highest BCUT2D eigenvalue weighted by Crippen LogP contribution is 2.32. The molecule has 1 aliphatic rings. The maximum Gasteiger partial charge on any atom is 0.416 e. The molecule has 1 fully saturated rings. The molecule has 0 aliphatic carbocycles. The monoisotopic (exact) mass is 486 g/mol. The molecule has 1 saturated heterocycles. The SMILES string of the molecule is O=C(CC(=O)Nc1ccc(S(=O)(=O)N2CCN(c3cccc(C(F)(F)F)c3)CC2)cc1)NO. The Bertz CT molecular complexity index is 1120. The molecule has 0 aromatic heterocycles. The van der Waals surface area contributed by atoms with Gasteiger partial charge < -0.3 is 10.2 Å². The summed E-state index contributed by atoms with van der Waals surface area (Å²) in [5, 5.41) is 10.8. The van der Waals surface area contributed by atoms with Crippen molar-refractivity contribution in [3.8, 4) is 0 Å². The minimum absolute atomic E-state index is 0.0129. The number of piperazine rings is 1. The van der Waals surface area contributed by atoms with E-state index in [9.17, 15) is 31.2 Å². The zero-order valence-electron chi connectivity index (χ0n) is 17.2. The third-order valence-electron chi connectivity index (χ3n) is 5.00. The maximum absolute atomic E-state index is 13.0. The van der Waals surface area contributed by atoms with E-state index in [1.54, 1.807) is 11.0 Å². The van der Waals surface area contributed by atoms with Gasteiger partial charge in [0, 0.05) is 37.6 Å². The minimum atomic E-state index is -4.46. The van der Waals surface area contributed by atoms with Crippen LogP contribution in [0.1, 0.15) is 12.0 Å². The second kappa shape index (κ2) is 9.77. The smallest absolute Gasteiger partial charge is 0.369 e. The number of hydrogen-bond donors (Lipinski definition) is 3. The highest BCUT2D eigenvalue weighted by molar-refractivity contribution is 7.89. The number of halogens is 3. The van der Waals surface area contributed by atoms with E-state index in [1.807, 2.05) is 0 Å². The number of hydrogen-bond acceptors (Lipinski definition) is 6. The van der Waals surface area contributed by atoms with Gasteiger partial charge in [-0.3, -0.25) is 14.8 Å². The van der Waals surface area contributed by atoms with Gasteiger partial charge in [-0.1, -0.05) is 6.07 Å². The Balaban J connectivity index is 1.63. The summed E-state index contributed by atoms with van der Waals surface area (Å²) < 4.78 is 66.0. The highest BCUT2D eigenvalue weighted by atomic mass is 32.2. The number of alkyl halides is 3. The first-order valence-corrected chi connectivity index (χ1v) is 11.2. The van der Waals surface area contributed by atoms with Gasteiger partial charge >= 0.3 is 6.18 Å². The zero-order chi connectivity index (χ0) is 24.2. The van der Waals surface area contributed by atoms with E-state index in [0.29, 0.717) is 5.69 Å². The number of benzene rings is 2. The molecule has 0 saturated carbocycles. The Morgan fingerprint density at radius 2 is 1.61 bits per heavy atom. The van der Waals surface area contributed by atoms with Crippen LogP contribution < -0.4 is 15.7 Å². The van der Waals surface area contributed by atoms with Crippen LogP contribution in [-0.2, 0) is 25.8 Å². The van der Waals surface area contributed by atoms with E-state index in [2.05, 4.69) is 5.32 Å². The zero-order valence-corrected chi connectivity index (χ0v) is 18.0. The van der Waals surface area contributed by atoms with Gasteiger partial charge in [-0.15, -0.1) is 0 Å². The molecule has 3 N–H and O–H groups in total. The number of anilines is 2. The van der Waals surface area contributed by atoms with Crippen LogP contribution in [0, 0.1) is 0 Å². The van der Waals surface area contributed by atoms with Crippen LogP contribution in [0.5, 0.6) is 0 Å². The predicted octanol–water partition coefficient (Wildman–Crippen LogP) is 2.05. The molecule has 178 valence electrons. The molecule has 1 heterocycles.